The second-order valence-corrected chi connectivity index (χ2v) is 6.76. The van der Waals surface area contributed by atoms with Crippen molar-refractivity contribution in [3.05, 3.63) is 59.9 Å². The SMILES string of the molecule is CCOC(=O)C[C@@H](Cc1ccc(-c2cccc(F)c2)cc1)NC(=O)CCC(=O)OC. The van der Waals surface area contributed by atoms with E-state index in [4.69, 9.17) is 4.74 Å². The van der Waals surface area contributed by atoms with Crippen molar-refractivity contribution in [2.24, 2.45) is 0 Å². The first-order valence-electron chi connectivity index (χ1n) is 9.78. The third-order valence-corrected chi connectivity index (χ3v) is 4.46. The molecule has 160 valence electrons. The van der Waals surface area contributed by atoms with Crippen LogP contribution in [0, 0.1) is 5.82 Å². The molecule has 2 aromatic rings. The van der Waals surface area contributed by atoms with Crippen LogP contribution in [0.25, 0.3) is 11.1 Å². The number of carbonyl (C=O) groups excluding carboxylic acids is 3. The molecular weight excluding hydrogens is 389 g/mol. The monoisotopic (exact) mass is 415 g/mol. The number of nitrogens with one attached hydrogen (secondary N) is 1. The fourth-order valence-corrected chi connectivity index (χ4v) is 3.00. The summed E-state index contributed by atoms with van der Waals surface area (Å²) < 4.78 is 23.0. The molecule has 6 nitrogen and oxygen atoms in total. The maximum atomic E-state index is 13.4. The first kappa shape index (κ1) is 23.1. The maximum Gasteiger partial charge on any atom is 0.307 e. The standard InChI is InChI=1S/C23H26FNO5/c1-3-30-23(28)15-20(25-21(26)11-12-22(27)29-2)13-16-7-9-17(10-8-16)18-5-4-6-19(24)14-18/h4-10,14,20H,3,11-13,15H2,1-2H3,(H,25,26)/t20-/m1/s1. The van der Waals surface area contributed by atoms with Gasteiger partial charge in [0.2, 0.25) is 5.91 Å². The Hall–Kier alpha value is -3.22. The molecule has 0 spiro atoms. The highest BCUT2D eigenvalue weighted by Crippen LogP contribution is 2.21. The van der Waals surface area contributed by atoms with Crippen LogP contribution in [0.3, 0.4) is 0 Å². The van der Waals surface area contributed by atoms with E-state index in [1.807, 2.05) is 30.3 Å². The number of ether oxygens (including phenoxy) is 2. The number of halogens is 1. The summed E-state index contributed by atoms with van der Waals surface area (Å²) in [6.45, 7) is 1.97. The molecule has 0 aliphatic carbocycles. The predicted octanol–water partition coefficient (Wildman–Crippen LogP) is 3.43. The molecule has 1 N–H and O–H groups in total. The van der Waals surface area contributed by atoms with Gasteiger partial charge in [-0.25, -0.2) is 4.39 Å². The Morgan fingerprint density at radius 3 is 2.37 bits per heavy atom. The van der Waals surface area contributed by atoms with Crippen molar-refractivity contribution in [2.45, 2.75) is 38.6 Å². The van der Waals surface area contributed by atoms with Gasteiger partial charge in [0.05, 0.1) is 26.6 Å². The van der Waals surface area contributed by atoms with Gasteiger partial charge in [0, 0.05) is 12.5 Å². The fourth-order valence-electron chi connectivity index (χ4n) is 3.00. The van der Waals surface area contributed by atoms with E-state index in [-0.39, 0.29) is 37.6 Å². The number of esters is 2. The van der Waals surface area contributed by atoms with Crippen molar-refractivity contribution in [1.82, 2.24) is 5.32 Å². The Morgan fingerprint density at radius 2 is 1.73 bits per heavy atom. The first-order valence-corrected chi connectivity index (χ1v) is 9.78. The van der Waals surface area contributed by atoms with Crippen molar-refractivity contribution in [3.63, 3.8) is 0 Å². The van der Waals surface area contributed by atoms with Gasteiger partial charge in [-0.1, -0.05) is 36.4 Å². The number of hydrogen-bond donors (Lipinski definition) is 1. The van der Waals surface area contributed by atoms with Crippen molar-refractivity contribution < 1.29 is 28.2 Å². The molecule has 0 bridgehead atoms. The molecule has 0 aliphatic heterocycles. The van der Waals surface area contributed by atoms with Crippen LogP contribution >= 0.6 is 0 Å². The van der Waals surface area contributed by atoms with Crippen molar-refractivity contribution in [1.29, 1.82) is 0 Å². The van der Waals surface area contributed by atoms with Gasteiger partial charge < -0.3 is 14.8 Å². The van der Waals surface area contributed by atoms with E-state index in [0.717, 1.165) is 16.7 Å². The maximum absolute atomic E-state index is 13.4. The minimum atomic E-state index is -0.478. The van der Waals surface area contributed by atoms with Crippen LogP contribution in [0.1, 0.15) is 31.7 Å². The van der Waals surface area contributed by atoms with E-state index in [9.17, 15) is 18.8 Å². The number of methoxy groups -OCH3 is 1. The Balaban J connectivity index is 2.05. The third kappa shape index (κ3) is 7.66. The van der Waals surface area contributed by atoms with Crippen LogP contribution in [-0.4, -0.2) is 37.6 Å². The van der Waals surface area contributed by atoms with E-state index < -0.39 is 18.0 Å². The molecule has 0 aliphatic rings. The zero-order chi connectivity index (χ0) is 21.9. The minimum Gasteiger partial charge on any atom is -0.469 e. The van der Waals surface area contributed by atoms with Gasteiger partial charge in [-0.15, -0.1) is 0 Å². The molecule has 1 atom stereocenters. The second-order valence-electron chi connectivity index (χ2n) is 6.76. The smallest absolute Gasteiger partial charge is 0.307 e. The summed E-state index contributed by atoms with van der Waals surface area (Å²) in [6, 6.07) is 13.3. The van der Waals surface area contributed by atoms with Crippen LogP contribution in [-0.2, 0) is 30.3 Å². The van der Waals surface area contributed by atoms with E-state index in [1.54, 1.807) is 13.0 Å². The summed E-state index contributed by atoms with van der Waals surface area (Å²) in [5.74, 6) is -1.53. The van der Waals surface area contributed by atoms with Crippen molar-refractivity contribution in [3.8, 4) is 11.1 Å². The van der Waals surface area contributed by atoms with Crippen molar-refractivity contribution >= 4 is 17.8 Å². The van der Waals surface area contributed by atoms with Gasteiger partial charge >= 0.3 is 11.9 Å². The lowest BCUT2D eigenvalue weighted by atomic mass is 9.99. The highest BCUT2D eigenvalue weighted by molar-refractivity contribution is 5.82. The lowest BCUT2D eigenvalue weighted by Gasteiger charge is -2.18. The van der Waals surface area contributed by atoms with E-state index in [0.29, 0.717) is 6.42 Å². The van der Waals surface area contributed by atoms with Gasteiger partial charge in [-0.2, -0.15) is 0 Å². The van der Waals surface area contributed by atoms with Crippen LogP contribution < -0.4 is 5.32 Å². The molecule has 0 saturated carbocycles. The number of hydrogen-bond acceptors (Lipinski definition) is 5. The summed E-state index contributed by atoms with van der Waals surface area (Å²) in [5, 5.41) is 2.79. The molecule has 0 aromatic heterocycles. The fraction of sp³-hybridized carbons (Fsp3) is 0.348. The van der Waals surface area contributed by atoms with Crippen LogP contribution in [0.2, 0.25) is 0 Å². The molecule has 30 heavy (non-hydrogen) atoms. The van der Waals surface area contributed by atoms with Gasteiger partial charge in [0.25, 0.3) is 0 Å². The molecule has 1 amide bonds. The van der Waals surface area contributed by atoms with E-state index >= 15 is 0 Å². The largest absolute Gasteiger partial charge is 0.469 e. The lowest BCUT2D eigenvalue weighted by Crippen LogP contribution is -2.38. The van der Waals surface area contributed by atoms with Gasteiger partial charge in [0.1, 0.15) is 5.82 Å². The molecule has 0 fully saturated rings. The average Bonchev–Trinajstić information content (AvgIpc) is 2.72. The molecular formula is C23H26FNO5. The summed E-state index contributed by atoms with van der Waals surface area (Å²) in [7, 11) is 1.26. The Labute approximate surface area is 175 Å². The Morgan fingerprint density at radius 1 is 1.00 bits per heavy atom. The quantitative estimate of drug-likeness (QED) is 0.602. The highest BCUT2D eigenvalue weighted by atomic mass is 19.1. The summed E-state index contributed by atoms with van der Waals surface area (Å²) >= 11 is 0. The predicted molar refractivity (Wildman–Crippen MR) is 110 cm³/mol. The molecule has 0 heterocycles. The zero-order valence-corrected chi connectivity index (χ0v) is 17.2. The number of rotatable bonds is 10. The number of benzene rings is 2. The van der Waals surface area contributed by atoms with E-state index in [1.165, 1.54) is 19.2 Å². The van der Waals surface area contributed by atoms with Gasteiger partial charge in [0.15, 0.2) is 0 Å². The average molecular weight is 415 g/mol. The van der Waals surface area contributed by atoms with Crippen LogP contribution in [0.15, 0.2) is 48.5 Å². The lowest BCUT2D eigenvalue weighted by molar-refractivity contribution is -0.144. The third-order valence-electron chi connectivity index (χ3n) is 4.46. The summed E-state index contributed by atoms with van der Waals surface area (Å²) in [6.07, 6.45) is 0.372. The Kier molecular flexibility index (Phi) is 9.00. The number of amides is 1. The van der Waals surface area contributed by atoms with Crippen LogP contribution in [0.4, 0.5) is 4.39 Å². The summed E-state index contributed by atoms with van der Waals surface area (Å²) in [4.78, 5) is 35.3. The van der Waals surface area contributed by atoms with E-state index in [2.05, 4.69) is 10.1 Å². The molecule has 0 radical (unpaired) electrons. The first-order chi connectivity index (χ1) is 14.4. The zero-order valence-electron chi connectivity index (χ0n) is 17.2. The molecule has 0 unspecified atom stereocenters. The molecule has 2 aromatic carbocycles. The number of carbonyl (C=O) groups is 3. The molecule has 7 heteroatoms. The van der Waals surface area contributed by atoms with Crippen LogP contribution in [0.5, 0.6) is 0 Å². The highest BCUT2D eigenvalue weighted by Gasteiger charge is 2.19. The second kappa shape index (κ2) is 11.7. The summed E-state index contributed by atoms with van der Waals surface area (Å²) in [5.41, 5.74) is 2.53. The normalized spacial score (nSPS) is 11.4. The van der Waals surface area contributed by atoms with Gasteiger partial charge in [-0.05, 0) is 42.2 Å². The Bertz CT molecular complexity index is 866. The topological polar surface area (TPSA) is 81.7 Å². The molecule has 0 saturated heterocycles. The minimum absolute atomic E-state index is 0.0173. The molecule has 2 rings (SSSR count). The van der Waals surface area contributed by atoms with Crippen molar-refractivity contribution in [2.75, 3.05) is 13.7 Å². The van der Waals surface area contributed by atoms with Gasteiger partial charge in [-0.3, -0.25) is 14.4 Å².